The van der Waals surface area contributed by atoms with Crippen LogP contribution in [0.15, 0.2) is 54.6 Å². The number of rotatable bonds is 8. The fourth-order valence-corrected chi connectivity index (χ4v) is 3.68. The highest BCUT2D eigenvalue weighted by Gasteiger charge is 2.38. The molecule has 0 fully saturated rings. The van der Waals surface area contributed by atoms with Crippen LogP contribution in [-0.4, -0.2) is 32.8 Å². The molecule has 0 spiro atoms. The quantitative estimate of drug-likeness (QED) is 0.473. The van der Waals surface area contributed by atoms with Crippen LogP contribution >= 0.6 is 11.6 Å². The Morgan fingerprint density at radius 3 is 2.09 bits per heavy atom. The molecule has 0 bridgehead atoms. The topological polar surface area (TPSA) is 90.9 Å². The van der Waals surface area contributed by atoms with Crippen molar-refractivity contribution >= 4 is 34.7 Å². The molecule has 186 valence electrons. The molecule has 2 aromatic rings. The van der Waals surface area contributed by atoms with Gasteiger partial charge in [0, 0.05) is 5.02 Å². The SMILES string of the molecule is CC(C)(C)OC(=O)O[C@@H](C(=O)OCc1ccccc1)[C@@H](N[S@](=O)C(C)(C)C)c1ccc(Cl)cc1. The molecule has 0 saturated carbocycles. The van der Waals surface area contributed by atoms with Gasteiger partial charge in [-0.15, -0.1) is 0 Å². The van der Waals surface area contributed by atoms with Crippen molar-refractivity contribution in [2.45, 2.75) is 70.6 Å². The van der Waals surface area contributed by atoms with Gasteiger partial charge in [-0.25, -0.2) is 18.5 Å². The van der Waals surface area contributed by atoms with Crippen molar-refractivity contribution in [2.24, 2.45) is 0 Å². The average molecular weight is 510 g/mol. The maximum absolute atomic E-state index is 13.2. The van der Waals surface area contributed by atoms with E-state index in [1.165, 1.54) is 0 Å². The van der Waals surface area contributed by atoms with Crippen molar-refractivity contribution in [1.29, 1.82) is 0 Å². The van der Waals surface area contributed by atoms with Crippen LogP contribution in [-0.2, 0) is 36.6 Å². The van der Waals surface area contributed by atoms with Gasteiger partial charge in [-0.05, 0) is 64.8 Å². The number of halogens is 1. The maximum Gasteiger partial charge on any atom is 0.509 e. The van der Waals surface area contributed by atoms with E-state index >= 15 is 0 Å². The van der Waals surface area contributed by atoms with E-state index in [-0.39, 0.29) is 6.61 Å². The lowest BCUT2D eigenvalue weighted by Gasteiger charge is -2.30. The number of carbonyl (C=O) groups is 2. The first-order chi connectivity index (χ1) is 15.8. The fourth-order valence-electron chi connectivity index (χ4n) is 2.71. The van der Waals surface area contributed by atoms with Crippen LogP contribution in [0.25, 0.3) is 0 Å². The highest BCUT2D eigenvalue weighted by atomic mass is 35.5. The second kappa shape index (κ2) is 11.8. The van der Waals surface area contributed by atoms with Gasteiger partial charge in [0.15, 0.2) is 0 Å². The predicted molar refractivity (Wildman–Crippen MR) is 133 cm³/mol. The highest BCUT2D eigenvalue weighted by molar-refractivity contribution is 7.84. The van der Waals surface area contributed by atoms with Gasteiger partial charge in [0.2, 0.25) is 6.10 Å². The predicted octanol–water partition coefficient (Wildman–Crippen LogP) is 5.50. The van der Waals surface area contributed by atoms with Gasteiger partial charge in [0.05, 0.1) is 21.8 Å². The monoisotopic (exact) mass is 509 g/mol. The highest BCUT2D eigenvalue weighted by Crippen LogP contribution is 2.26. The molecule has 3 atom stereocenters. The summed E-state index contributed by atoms with van der Waals surface area (Å²) in [4.78, 5) is 25.8. The Hall–Kier alpha value is -2.42. The molecule has 1 N–H and O–H groups in total. The van der Waals surface area contributed by atoms with E-state index in [0.29, 0.717) is 10.6 Å². The smallest absolute Gasteiger partial charge is 0.458 e. The van der Waals surface area contributed by atoms with Gasteiger partial charge in [0.25, 0.3) is 0 Å². The standard InChI is InChI=1S/C25H32ClNO6S/c1-24(2,3)33-23(29)32-21(22(28)31-16-17-10-8-7-9-11-17)20(27-34(30)25(4,5)6)18-12-14-19(26)15-13-18/h7-15,20-21,27H,16H2,1-6H3/t20-,21+,34+/m0/s1. The Morgan fingerprint density at radius 1 is 0.971 bits per heavy atom. The van der Waals surface area contributed by atoms with Crippen LogP contribution in [0.4, 0.5) is 4.79 Å². The van der Waals surface area contributed by atoms with Crippen LogP contribution < -0.4 is 4.72 Å². The number of benzene rings is 2. The van der Waals surface area contributed by atoms with Crippen LogP contribution in [0.5, 0.6) is 0 Å². The summed E-state index contributed by atoms with van der Waals surface area (Å²) in [5.41, 5.74) is 0.459. The molecule has 0 aliphatic heterocycles. The number of esters is 1. The summed E-state index contributed by atoms with van der Waals surface area (Å²) in [5.74, 6) is -0.812. The summed E-state index contributed by atoms with van der Waals surface area (Å²) in [7, 11) is -1.61. The van der Waals surface area contributed by atoms with Gasteiger partial charge in [-0.3, -0.25) is 0 Å². The molecule has 7 nitrogen and oxygen atoms in total. The van der Waals surface area contributed by atoms with Crippen molar-refractivity contribution in [1.82, 2.24) is 4.72 Å². The molecule has 0 heterocycles. The average Bonchev–Trinajstić information content (AvgIpc) is 2.74. The zero-order valence-corrected chi connectivity index (χ0v) is 21.9. The van der Waals surface area contributed by atoms with Gasteiger partial charge in [-0.1, -0.05) is 54.1 Å². The molecule has 0 aliphatic rings. The zero-order chi connectivity index (χ0) is 25.5. The Bertz CT molecular complexity index is 983. The first-order valence-corrected chi connectivity index (χ1v) is 12.3. The molecule has 2 aromatic carbocycles. The third-order valence-electron chi connectivity index (χ3n) is 4.39. The largest absolute Gasteiger partial charge is 0.509 e. The van der Waals surface area contributed by atoms with Crippen LogP contribution in [0.3, 0.4) is 0 Å². The number of carbonyl (C=O) groups excluding carboxylic acids is 2. The minimum absolute atomic E-state index is 0.0243. The lowest BCUT2D eigenvalue weighted by atomic mass is 10.0. The summed E-state index contributed by atoms with van der Waals surface area (Å²) >= 11 is 6.03. The van der Waals surface area contributed by atoms with Crippen LogP contribution in [0, 0.1) is 0 Å². The van der Waals surface area contributed by atoms with Gasteiger partial charge >= 0.3 is 12.1 Å². The van der Waals surface area contributed by atoms with E-state index in [1.54, 1.807) is 77.9 Å². The number of hydrogen-bond acceptors (Lipinski definition) is 6. The number of ether oxygens (including phenoxy) is 3. The van der Waals surface area contributed by atoms with Crippen molar-refractivity contribution < 1.29 is 28.0 Å². The minimum atomic E-state index is -1.61. The second-order valence-corrected chi connectivity index (χ2v) is 12.1. The zero-order valence-electron chi connectivity index (χ0n) is 20.3. The van der Waals surface area contributed by atoms with Gasteiger partial charge in [0.1, 0.15) is 12.2 Å². The lowest BCUT2D eigenvalue weighted by molar-refractivity contribution is -0.159. The van der Waals surface area contributed by atoms with E-state index in [4.69, 9.17) is 25.8 Å². The number of nitrogens with one attached hydrogen (secondary N) is 1. The molecule has 0 saturated heterocycles. The summed E-state index contributed by atoms with van der Waals surface area (Å²) in [6, 6.07) is 14.7. The van der Waals surface area contributed by atoms with E-state index in [2.05, 4.69) is 4.72 Å². The van der Waals surface area contributed by atoms with Crippen molar-refractivity contribution in [3.8, 4) is 0 Å². The summed E-state index contributed by atoms with van der Waals surface area (Å²) in [6.07, 6.45) is -2.53. The third kappa shape index (κ3) is 9.08. The molecule has 0 amide bonds. The van der Waals surface area contributed by atoms with Crippen molar-refractivity contribution in [3.63, 3.8) is 0 Å². The summed E-state index contributed by atoms with van der Waals surface area (Å²) in [5, 5.41) is 0.482. The Balaban J connectivity index is 2.40. The summed E-state index contributed by atoms with van der Waals surface area (Å²) < 4.78 is 31.5. The van der Waals surface area contributed by atoms with E-state index < -0.39 is 45.6 Å². The third-order valence-corrected chi connectivity index (χ3v) is 6.22. The Kier molecular flexibility index (Phi) is 9.67. The Morgan fingerprint density at radius 2 is 1.56 bits per heavy atom. The fraction of sp³-hybridized carbons (Fsp3) is 0.440. The normalized spacial score (nSPS) is 14.6. The first kappa shape index (κ1) is 27.8. The number of hydrogen-bond donors (Lipinski definition) is 1. The minimum Gasteiger partial charge on any atom is -0.458 e. The summed E-state index contributed by atoms with van der Waals surface area (Å²) in [6.45, 7) is 10.4. The maximum atomic E-state index is 13.2. The van der Waals surface area contributed by atoms with Crippen molar-refractivity contribution in [2.75, 3.05) is 0 Å². The molecule has 34 heavy (non-hydrogen) atoms. The van der Waals surface area contributed by atoms with Crippen LogP contribution in [0.1, 0.15) is 58.7 Å². The molecule has 0 aliphatic carbocycles. The lowest BCUT2D eigenvalue weighted by Crippen LogP contribution is -2.46. The molecule has 0 radical (unpaired) electrons. The van der Waals surface area contributed by atoms with E-state index in [1.807, 2.05) is 18.2 Å². The molecule has 2 rings (SSSR count). The van der Waals surface area contributed by atoms with E-state index in [0.717, 1.165) is 5.56 Å². The molecular weight excluding hydrogens is 478 g/mol. The van der Waals surface area contributed by atoms with Gasteiger partial charge in [-0.2, -0.15) is 0 Å². The molecule has 0 aromatic heterocycles. The Labute approximate surface area is 208 Å². The molecule has 9 heteroatoms. The van der Waals surface area contributed by atoms with Gasteiger partial charge < -0.3 is 14.2 Å². The van der Waals surface area contributed by atoms with E-state index in [9.17, 15) is 13.8 Å². The molecule has 0 unspecified atom stereocenters. The second-order valence-electron chi connectivity index (χ2n) is 9.62. The van der Waals surface area contributed by atoms with Crippen LogP contribution in [0.2, 0.25) is 5.02 Å². The van der Waals surface area contributed by atoms with Crippen molar-refractivity contribution in [3.05, 3.63) is 70.7 Å². The molecular formula is C25H32ClNO6S. The first-order valence-electron chi connectivity index (χ1n) is 10.8.